The number of nitrogens with zero attached hydrogens (tertiary/aromatic N) is 2. The predicted octanol–water partition coefficient (Wildman–Crippen LogP) is 4.24. The zero-order chi connectivity index (χ0) is 19.9. The lowest BCUT2D eigenvalue weighted by atomic mass is 9.81. The lowest BCUT2D eigenvalue weighted by Gasteiger charge is -2.35. The fourth-order valence-corrected chi connectivity index (χ4v) is 3.84. The van der Waals surface area contributed by atoms with Crippen molar-refractivity contribution in [2.24, 2.45) is 11.1 Å². The molecule has 0 atom stereocenters. The first-order chi connectivity index (χ1) is 11.8. The van der Waals surface area contributed by atoms with Gasteiger partial charge in [0.1, 0.15) is 5.56 Å². The van der Waals surface area contributed by atoms with Crippen LogP contribution in [0.2, 0.25) is 0 Å². The minimum atomic E-state index is -0.491. The Hall–Kier alpha value is -2.24. The van der Waals surface area contributed by atoms with E-state index in [2.05, 4.69) is 65.5 Å². The molecule has 0 aliphatic carbocycles. The van der Waals surface area contributed by atoms with E-state index < -0.39 is 5.91 Å². The SMILES string of the molecule is C=CCC(C)(C)c1nc2c(C(N)=O)c[nH]n2c1NC(C)(C)CC(C)(C)C. The van der Waals surface area contributed by atoms with Crippen LogP contribution in [-0.4, -0.2) is 26.0 Å². The van der Waals surface area contributed by atoms with Gasteiger partial charge in [-0.15, -0.1) is 6.58 Å². The van der Waals surface area contributed by atoms with Gasteiger partial charge in [-0.3, -0.25) is 9.89 Å². The average molecular weight is 360 g/mol. The highest BCUT2D eigenvalue weighted by molar-refractivity contribution is 5.99. The number of aromatic amines is 1. The number of anilines is 1. The Balaban J connectivity index is 2.61. The Morgan fingerprint density at radius 2 is 1.92 bits per heavy atom. The first-order valence-electron chi connectivity index (χ1n) is 9.07. The number of imidazole rings is 1. The van der Waals surface area contributed by atoms with Gasteiger partial charge in [0.05, 0.1) is 5.69 Å². The van der Waals surface area contributed by atoms with Gasteiger partial charge < -0.3 is 11.1 Å². The van der Waals surface area contributed by atoms with Crippen molar-refractivity contribution in [3.05, 3.63) is 30.1 Å². The average Bonchev–Trinajstić information content (AvgIpc) is 2.96. The molecule has 0 aliphatic rings. The summed E-state index contributed by atoms with van der Waals surface area (Å²) in [6, 6.07) is 0. The Morgan fingerprint density at radius 1 is 1.31 bits per heavy atom. The molecule has 6 nitrogen and oxygen atoms in total. The van der Waals surface area contributed by atoms with Gasteiger partial charge in [-0.2, -0.15) is 0 Å². The van der Waals surface area contributed by atoms with Crippen molar-refractivity contribution < 1.29 is 4.79 Å². The van der Waals surface area contributed by atoms with Crippen molar-refractivity contribution in [3.8, 4) is 0 Å². The van der Waals surface area contributed by atoms with Crippen LogP contribution in [0, 0.1) is 5.41 Å². The van der Waals surface area contributed by atoms with Crippen molar-refractivity contribution in [2.45, 2.75) is 72.3 Å². The molecule has 2 heterocycles. The number of hydrogen-bond acceptors (Lipinski definition) is 3. The molecule has 0 saturated carbocycles. The van der Waals surface area contributed by atoms with Crippen LogP contribution in [0.3, 0.4) is 0 Å². The number of carbonyl (C=O) groups excluding carboxylic acids is 1. The fraction of sp³-hybridized carbons (Fsp3) is 0.600. The summed E-state index contributed by atoms with van der Waals surface area (Å²) in [4.78, 5) is 16.5. The van der Waals surface area contributed by atoms with Gasteiger partial charge in [0.2, 0.25) is 0 Å². The third-order valence-electron chi connectivity index (χ3n) is 4.45. The summed E-state index contributed by atoms with van der Waals surface area (Å²) < 4.78 is 1.82. The van der Waals surface area contributed by atoms with E-state index in [1.54, 1.807) is 6.20 Å². The van der Waals surface area contributed by atoms with Crippen LogP contribution in [0.4, 0.5) is 5.82 Å². The highest BCUT2D eigenvalue weighted by Crippen LogP contribution is 2.37. The maximum atomic E-state index is 11.8. The van der Waals surface area contributed by atoms with Crippen LogP contribution >= 0.6 is 0 Å². The molecule has 0 bridgehead atoms. The quantitative estimate of drug-likeness (QED) is 0.646. The van der Waals surface area contributed by atoms with E-state index in [1.165, 1.54) is 0 Å². The van der Waals surface area contributed by atoms with Gasteiger partial charge >= 0.3 is 0 Å². The van der Waals surface area contributed by atoms with Gasteiger partial charge in [-0.25, -0.2) is 9.50 Å². The molecule has 4 N–H and O–H groups in total. The molecule has 0 radical (unpaired) electrons. The molecule has 0 spiro atoms. The molecule has 0 saturated heterocycles. The van der Waals surface area contributed by atoms with Crippen LogP contribution in [0.25, 0.3) is 5.65 Å². The number of hydrogen-bond donors (Lipinski definition) is 3. The van der Waals surface area contributed by atoms with E-state index in [0.29, 0.717) is 11.2 Å². The third kappa shape index (κ3) is 4.11. The summed E-state index contributed by atoms with van der Waals surface area (Å²) in [5.41, 5.74) is 7.13. The number of aromatic nitrogens is 3. The molecular weight excluding hydrogens is 326 g/mol. The number of rotatable bonds is 7. The second-order valence-corrected chi connectivity index (χ2v) is 9.64. The summed E-state index contributed by atoms with van der Waals surface area (Å²) in [7, 11) is 0. The molecule has 2 aromatic rings. The number of nitrogens with one attached hydrogen (secondary N) is 2. The molecule has 26 heavy (non-hydrogen) atoms. The topological polar surface area (TPSA) is 88.2 Å². The Labute approximate surface area is 156 Å². The monoisotopic (exact) mass is 359 g/mol. The standard InChI is InChI=1S/C20H33N5O/c1-9-10-19(5,6)14-17(24-20(7,8)12-18(2,3)4)25-16(23-14)13(11-22-25)15(21)26/h9,11,22,24H,1,10,12H2,2-8H3,(H2,21,26). The van der Waals surface area contributed by atoms with Crippen molar-refractivity contribution in [1.29, 1.82) is 0 Å². The molecule has 1 amide bonds. The second kappa shape index (κ2) is 6.49. The molecule has 2 aromatic heterocycles. The van der Waals surface area contributed by atoms with E-state index in [-0.39, 0.29) is 16.4 Å². The predicted molar refractivity (Wildman–Crippen MR) is 108 cm³/mol. The number of nitrogens with two attached hydrogens (primary N) is 1. The lowest BCUT2D eigenvalue weighted by Crippen LogP contribution is -2.37. The van der Waals surface area contributed by atoms with Gasteiger partial charge in [0.15, 0.2) is 11.5 Å². The van der Waals surface area contributed by atoms with E-state index in [1.807, 2.05) is 10.6 Å². The largest absolute Gasteiger partial charge is 0.365 e. The summed E-state index contributed by atoms with van der Waals surface area (Å²) in [6.45, 7) is 19.2. The Morgan fingerprint density at radius 3 is 2.42 bits per heavy atom. The molecule has 6 heteroatoms. The van der Waals surface area contributed by atoms with Crippen molar-refractivity contribution >= 4 is 17.4 Å². The van der Waals surface area contributed by atoms with Crippen molar-refractivity contribution in [3.63, 3.8) is 0 Å². The third-order valence-corrected chi connectivity index (χ3v) is 4.45. The van der Waals surface area contributed by atoms with Gasteiger partial charge in [0.25, 0.3) is 5.91 Å². The summed E-state index contributed by atoms with van der Waals surface area (Å²) in [5, 5.41) is 6.79. The number of allylic oxidation sites excluding steroid dienone is 1. The Kier molecular flexibility index (Phi) is 5.01. The maximum absolute atomic E-state index is 11.8. The van der Waals surface area contributed by atoms with Crippen molar-refractivity contribution in [2.75, 3.05) is 5.32 Å². The summed E-state index contributed by atoms with van der Waals surface area (Å²) in [5.74, 6) is 0.378. The fourth-order valence-electron chi connectivity index (χ4n) is 3.84. The molecule has 0 fully saturated rings. The minimum Gasteiger partial charge on any atom is -0.365 e. The maximum Gasteiger partial charge on any atom is 0.254 e. The first-order valence-corrected chi connectivity index (χ1v) is 9.07. The van der Waals surface area contributed by atoms with Crippen LogP contribution in [-0.2, 0) is 5.41 Å². The van der Waals surface area contributed by atoms with Crippen LogP contribution in [0.5, 0.6) is 0 Å². The van der Waals surface area contributed by atoms with Gasteiger partial charge in [-0.05, 0) is 32.1 Å². The van der Waals surface area contributed by atoms with Gasteiger partial charge in [-0.1, -0.05) is 40.7 Å². The molecule has 0 aromatic carbocycles. The van der Waals surface area contributed by atoms with Gasteiger partial charge in [0, 0.05) is 17.2 Å². The highest BCUT2D eigenvalue weighted by Gasteiger charge is 2.33. The molecule has 2 rings (SSSR count). The van der Waals surface area contributed by atoms with Crippen LogP contribution in [0.15, 0.2) is 18.9 Å². The number of primary amides is 1. The van der Waals surface area contributed by atoms with Crippen LogP contribution in [0.1, 0.15) is 77.4 Å². The highest BCUT2D eigenvalue weighted by atomic mass is 16.1. The molecule has 0 aliphatic heterocycles. The minimum absolute atomic E-state index is 0.161. The van der Waals surface area contributed by atoms with Crippen LogP contribution < -0.4 is 11.1 Å². The Bertz CT molecular complexity index is 817. The number of carbonyl (C=O) groups is 1. The molecular formula is C20H33N5O. The summed E-state index contributed by atoms with van der Waals surface area (Å²) >= 11 is 0. The zero-order valence-electron chi connectivity index (χ0n) is 17.2. The van der Waals surface area contributed by atoms with E-state index in [4.69, 9.17) is 10.7 Å². The van der Waals surface area contributed by atoms with Crippen molar-refractivity contribution in [1.82, 2.24) is 14.6 Å². The zero-order valence-corrected chi connectivity index (χ0v) is 17.2. The number of amides is 1. The summed E-state index contributed by atoms with van der Waals surface area (Å²) in [6.07, 6.45) is 5.25. The second-order valence-electron chi connectivity index (χ2n) is 9.64. The normalized spacial score (nSPS) is 13.2. The smallest absolute Gasteiger partial charge is 0.254 e. The number of H-pyrrole nitrogens is 1. The van der Waals surface area contributed by atoms with E-state index in [0.717, 1.165) is 24.4 Å². The first kappa shape index (κ1) is 20.1. The number of fused-ring (bicyclic) bond motifs is 1. The molecule has 0 unspecified atom stereocenters. The van der Waals surface area contributed by atoms with E-state index >= 15 is 0 Å². The molecule has 144 valence electrons. The van der Waals surface area contributed by atoms with E-state index in [9.17, 15) is 4.79 Å². The lowest BCUT2D eigenvalue weighted by molar-refractivity contribution is 0.100.